The molecular weight excluding hydrogens is 456 g/mol. The van der Waals surface area contributed by atoms with E-state index in [1.54, 1.807) is 7.11 Å². The van der Waals surface area contributed by atoms with Gasteiger partial charge in [0.05, 0.1) is 25.6 Å². The zero-order chi connectivity index (χ0) is 26.3. The molecule has 0 aliphatic heterocycles. The van der Waals surface area contributed by atoms with Crippen LogP contribution in [0.1, 0.15) is 60.5 Å². The third-order valence-electron chi connectivity index (χ3n) is 7.01. The molecule has 1 aromatic rings. The summed E-state index contributed by atoms with van der Waals surface area (Å²) in [5.74, 6) is 2.23. The van der Waals surface area contributed by atoms with Gasteiger partial charge >= 0.3 is 0 Å². The molecule has 4 atom stereocenters. The van der Waals surface area contributed by atoms with Crippen LogP contribution in [-0.4, -0.2) is 36.0 Å². The van der Waals surface area contributed by atoms with E-state index in [1.165, 1.54) is 0 Å². The van der Waals surface area contributed by atoms with Gasteiger partial charge in [0.1, 0.15) is 5.75 Å². The van der Waals surface area contributed by atoms with Crippen LogP contribution in [0.25, 0.3) is 0 Å². The summed E-state index contributed by atoms with van der Waals surface area (Å²) in [6.45, 7) is 27.7. The van der Waals surface area contributed by atoms with Crippen LogP contribution in [0, 0.1) is 11.8 Å². The van der Waals surface area contributed by atoms with Gasteiger partial charge in [-0.25, -0.2) is 0 Å². The van der Waals surface area contributed by atoms with Crippen molar-refractivity contribution in [3.05, 3.63) is 41.7 Å². The predicted octanol–water partition coefficient (Wildman–Crippen LogP) is 8.41. The third-order valence-corrected chi connectivity index (χ3v) is 12.4. The van der Waals surface area contributed by atoms with Crippen LogP contribution in [0.4, 0.5) is 0 Å². The molecule has 0 amide bonds. The van der Waals surface area contributed by atoms with Gasteiger partial charge in [-0.3, -0.25) is 0 Å². The van der Waals surface area contributed by atoms with E-state index in [2.05, 4.69) is 99.4 Å². The molecule has 0 radical (unpaired) electrons. The molecule has 4 nitrogen and oxygen atoms in total. The Balaban J connectivity index is 3.23. The highest BCUT2D eigenvalue weighted by molar-refractivity contribution is 6.74. The van der Waals surface area contributed by atoms with Crippen LogP contribution < -0.4 is 4.74 Å². The summed E-state index contributed by atoms with van der Waals surface area (Å²) in [4.78, 5) is 0. The summed E-state index contributed by atoms with van der Waals surface area (Å²) in [7, 11) is -1.96. The first-order valence-corrected chi connectivity index (χ1v) is 19.2. The lowest BCUT2D eigenvalue weighted by atomic mass is 9.87. The highest BCUT2D eigenvalue weighted by atomic mass is 28.4. The van der Waals surface area contributed by atoms with Gasteiger partial charge in [-0.2, -0.15) is 0 Å². The summed E-state index contributed by atoms with van der Waals surface area (Å²) in [5, 5.41) is 0.167. The molecule has 0 aromatic heterocycles. The van der Waals surface area contributed by atoms with Gasteiger partial charge in [0, 0.05) is 17.9 Å². The first-order valence-electron chi connectivity index (χ1n) is 12.8. The molecular formula is C28H52O4Si2. The quantitative estimate of drug-likeness (QED) is 0.198. The molecule has 6 heteroatoms. The maximum atomic E-state index is 6.93. The largest absolute Gasteiger partial charge is 0.547 e. The predicted molar refractivity (Wildman–Crippen MR) is 150 cm³/mol. The molecule has 0 N–H and O–H groups in total. The lowest BCUT2D eigenvalue weighted by molar-refractivity contribution is -0.0607. The highest BCUT2D eigenvalue weighted by Gasteiger charge is 2.42. The Morgan fingerprint density at radius 2 is 1.56 bits per heavy atom. The van der Waals surface area contributed by atoms with Crippen molar-refractivity contribution >= 4 is 16.6 Å². The zero-order valence-corrected chi connectivity index (χ0v) is 26.2. The Hall–Kier alpha value is -1.09. The van der Waals surface area contributed by atoms with E-state index >= 15 is 0 Å². The van der Waals surface area contributed by atoms with E-state index in [9.17, 15) is 0 Å². The van der Waals surface area contributed by atoms with Crippen molar-refractivity contribution in [3.63, 3.8) is 0 Å². The van der Waals surface area contributed by atoms with Crippen molar-refractivity contribution in [1.29, 1.82) is 0 Å². The topological polar surface area (TPSA) is 36.9 Å². The Morgan fingerprint density at radius 3 is 1.97 bits per heavy atom. The van der Waals surface area contributed by atoms with E-state index < -0.39 is 16.6 Å². The van der Waals surface area contributed by atoms with Gasteiger partial charge in [-0.15, -0.1) is 0 Å². The number of benzene rings is 1. The molecule has 0 bridgehead atoms. The summed E-state index contributed by atoms with van der Waals surface area (Å²) in [5.41, 5.74) is 1.14. The van der Waals surface area contributed by atoms with Crippen molar-refractivity contribution in [3.8, 4) is 5.75 Å². The molecule has 0 spiro atoms. The number of rotatable bonds is 13. The number of methoxy groups -OCH3 is 1. The minimum Gasteiger partial charge on any atom is -0.547 e. The van der Waals surface area contributed by atoms with Crippen molar-refractivity contribution < 1.29 is 18.3 Å². The number of ether oxygens (including phenoxy) is 2. The summed E-state index contributed by atoms with van der Waals surface area (Å²) in [6, 6.07) is 8.12. The van der Waals surface area contributed by atoms with Crippen molar-refractivity contribution in [2.24, 2.45) is 11.8 Å². The molecule has 34 heavy (non-hydrogen) atoms. The van der Waals surface area contributed by atoms with Crippen LogP contribution in [0.2, 0.25) is 37.8 Å². The smallest absolute Gasteiger partial charge is 0.241 e. The lowest BCUT2D eigenvalue weighted by Gasteiger charge is -2.43. The standard InChI is InChI=1S/C28H52O4Si2/c1-14-25(31-33(9,10)11)21(3)27(30-20-23-16-18-24(29-8)19-17-23)22(4)26(15-2)32-34(12,13)28(5,6)7/h14,16-19,21-22,26-27H,15,20H2,1-13H3/t21-,22-,26+,27+/m0/s1. The molecule has 0 saturated carbocycles. The second-order valence-electron chi connectivity index (χ2n) is 12.0. The van der Waals surface area contributed by atoms with Crippen LogP contribution in [-0.2, 0) is 20.2 Å². The molecule has 0 unspecified atom stereocenters. The average molecular weight is 509 g/mol. The van der Waals surface area contributed by atoms with E-state index in [1.807, 2.05) is 12.1 Å². The van der Waals surface area contributed by atoms with E-state index in [4.69, 9.17) is 18.3 Å². The summed E-state index contributed by atoms with van der Waals surface area (Å²) in [6.07, 6.45) is 3.19. The Kier molecular flexibility index (Phi) is 11.6. The molecule has 196 valence electrons. The van der Waals surface area contributed by atoms with Gasteiger partial charge in [0.15, 0.2) is 8.32 Å². The summed E-state index contributed by atoms with van der Waals surface area (Å²) < 4.78 is 25.4. The molecule has 1 rings (SSSR count). The third kappa shape index (κ3) is 9.17. The Labute approximate surface area is 212 Å². The maximum Gasteiger partial charge on any atom is 0.241 e. The molecule has 0 fully saturated rings. The monoisotopic (exact) mass is 508 g/mol. The normalized spacial score (nSPS) is 17.1. The molecule has 0 heterocycles. The van der Waals surface area contributed by atoms with E-state index in [-0.39, 0.29) is 29.1 Å². The number of hydrogen-bond donors (Lipinski definition) is 0. The Bertz CT molecular complexity index is 760. The summed E-state index contributed by atoms with van der Waals surface area (Å²) >= 11 is 0. The van der Waals surface area contributed by atoms with Crippen LogP contribution in [0.3, 0.4) is 0 Å². The maximum absolute atomic E-state index is 6.93. The first kappa shape index (κ1) is 30.9. The van der Waals surface area contributed by atoms with Gasteiger partial charge < -0.3 is 18.3 Å². The van der Waals surface area contributed by atoms with Gasteiger partial charge in [-0.05, 0) is 68.8 Å². The molecule has 0 aliphatic rings. The van der Waals surface area contributed by atoms with Crippen molar-refractivity contribution in [1.82, 2.24) is 0 Å². The SMILES string of the molecule is CC=C(O[Si](C)(C)C)[C@H](C)[C@@H](OCc1ccc(OC)cc1)[C@@H](C)[C@@H](CC)O[Si](C)(C)C(C)(C)C. The number of allylic oxidation sites excluding steroid dienone is 1. The van der Waals surface area contributed by atoms with Gasteiger partial charge in [-0.1, -0.05) is 59.8 Å². The first-order chi connectivity index (χ1) is 15.6. The zero-order valence-electron chi connectivity index (χ0n) is 24.2. The van der Waals surface area contributed by atoms with E-state index in [0.29, 0.717) is 6.61 Å². The number of hydrogen-bond acceptors (Lipinski definition) is 4. The van der Waals surface area contributed by atoms with Crippen molar-refractivity contribution in [2.45, 2.75) is 111 Å². The van der Waals surface area contributed by atoms with Crippen LogP contribution in [0.5, 0.6) is 5.75 Å². The van der Waals surface area contributed by atoms with Gasteiger partial charge in [0.2, 0.25) is 8.32 Å². The molecule has 1 aromatic carbocycles. The lowest BCUT2D eigenvalue weighted by Crippen LogP contribution is -2.48. The highest BCUT2D eigenvalue weighted by Crippen LogP contribution is 2.40. The van der Waals surface area contributed by atoms with Crippen LogP contribution >= 0.6 is 0 Å². The van der Waals surface area contributed by atoms with E-state index in [0.717, 1.165) is 23.5 Å². The fourth-order valence-corrected chi connectivity index (χ4v) is 6.43. The fourth-order valence-electron chi connectivity index (χ4n) is 3.93. The minimum atomic E-state index is -1.91. The average Bonchev–Trinajstić information content (AvgIpc) is 2.74. The minimum absolute atomic E-state index is 0.0284. The second-order valence-corrected chi connectivity index (χ2v) is 21.2. The van der Waals surface area contributed by atoms with Crippen LogP contribution in [0.15, 0.2) is 36.1 Å². The second kappa shape index (κ2) is 12.7. The molecule has 0 saturated heterocycles. The van der Waals surface area contributed by atoms with Gasteiger partial charge in [0.25, 0.3) is 0 Å². The fraction of sp³-hybridized carbons (Fsp3) is 0.714. The Morgan fingerprint density at radius 1 is 1.00 bits per heavy atom. The van der Waals surface area contributed by atoms with Crippen molar-refractivity contribution in [2.75, 3.05) is 7.11 Å². The molecule has 0 aliphatic carbocycles.